The van der Waals surface area contributed by atoms with Crippen LogP contribution in [0.2, 0.25) is 0 Å². The van der Waals surface area contributed by atoms with Crippen molar-refractivity contribution in [2.75, 3.05) is 6.54 Å². The van der Waals surface area contributed by atoms with Crippen LogP contribution in [0.25, 0.3) is 17.4 Å². The number of amides is 3. The highest BCUT2D eigenvalue weighted by molar-refractivity contribution is 6.13. The van der Waals surface area contributed by atoms with E-state index in [4.69, 9.17) is 9.52 Å². The molecule has 0 radical (unpaired) electrons. The summed E-state index contributed by atoms with van der Waals surface area (Å²) in [4.78, 5) is 35.7. The molecule has 1 aliphatic heterocycles. The Morgan fingerprint density at radius 2 is 2.08 bits per heavy atom. The number of rotatable bonds is 4. The maximum Gasteiger partial charge on any atom is 0.335 e. The number of benzene rings is 1. The Bertz CT molecular complexity index is 865. The summed E-state index contributed by atoms with van der Waals surface area (Å²) in [6.45, 7) is 1.99. The molecule has 1 aliphatic rings. The highest BCUT2D eigenvalue weighted by Crippen LogP contribution is 2.25. The van der Waals surface area contributed by atoms with Crippen molar-refractivity contribution in [2.45, 2.75) is 6.92 Å². The molecule has 1 saturated heterocycles. The van der Waals surface area contributed by atoms with Gasteiger partial charge in [0.2, 0.25) is 0 Å². The van der Waals surface area contributed by atoms with Gasteiger partial charge in [0.15, 0.2) is 0 Å². The van der Waals surface area contributed by atoms with Gasteiger partial charge < -0.3 is 14.8 Å². The van der Waals surface area contributed by atoms with E-state index in [-0.39, 0.29) is 17.8 Å². The Balaban J connectivity index is 1.88. The van der Waals surface area contributed by atoms with Gasteiger partial charge >= 0.3 is 12.0 Å². The van der Waals surface area contributed by atoms with Gasteiger partial charge in [0.25, 0.3) is 5.91 Å². The van der Waals surface area contributed by atoms with Crippen LogP contribution in [0.3, 0.4) is 0 Å². The van der Waals surface area contributed by atoms with Crippen molar-refractivity contribution < 1.29 is 23.9 Å². The summed E-state index contributed by atoms with van der Waals surface area (Å²) in [6.07, 6.45) is 1.44. The van der Waals surface area contributed by atoms with Crippen molar-refractivity contribution in [3.8, 4) is 11.3 Å². The number of nitrogens with one attached hydrogen (secondary N) is 1. The fourth-order valence-corrected chi connectivity index (χ4v) is 2.39. The lowest BCUT2D eigenvalue weighted by molar-refractivity contribution is -0.122. The molecule has 2 heterocycles. The lowest BCUT2D eigenvalue weighted by Gasteiger charge is -2.05. The molecule has 0 aliphatic carbocycles. The standard InChI is InChI=1S/C17H14N2O5/c1-2-19-15(20)13(18-17(19)23)9-12-6-7-14(24-12)10-4-3-5-11(8-10)16(21)22/h3-9H,2H2,1H3,(H,18,23)(H,21,22)/b13-9+. The lowest BCUT2D eigenvalue weighted by Crippen LogP contribution is -2.30. The van der Waals surface area contributed by atoms with Crippen LogP contribution in [-0.4, -0.2) is 34.5 Å². The molecule has 0 bridgehead atoms. The quantitative estimate of drug-likeness (QED) is 0.664. The van der Waals surface area contributed by atoms with Crippen molar-refractivity contribution in [2.24, 2.45) is 0 Å². The smallest absolute Gasteiger partial charge is 0.335 e. The van der Waals surface area contributed by atoms with E-state index < -0.39 is 17.9 Å². The number of carbonyl (C=O) groups excluding carboxylic acids is 2. The van der Waals surface area contributed by atoms with Gasteiger partial charge in [-0.3, -0.25) is 9.69 Å². The molecule has 2 aromatic rings. The number of hydrogen-bond donors (Lipinski definition) is 2. The van der Waals surface area contributed by atoms with E-state index in [1.165, 1.54) is 18.2 Å². The second kappa shape index (κ2) is 6.04. The second-order valence-corrected chi connectivity index (χ2v) is 5.13. The van der Waals surface area contributed by atoms with Crippen LogP contribution in [0.1, 0.15) is 23.0 Å². The monoisotopic (exact) mass is 326 g/mol. The number of likely N-dealkylation sites (N-methyl/N-ethyl adjacent to an activating group) is 1. The normalized spacial score (nSPS) is 15.9. The third kappa shape index (κ3) is 2.79. The highest BCUT2D eigenvalue weighted by atomic mass is 16.4. The number of carboxylic acids is 1. The Morgan fingerprint density at radius 3 is 2.75 bits per heavy atom. The first kappa shape index (κ1) is 15.5. The Morgan fingerprint density at radius 1 is 1.29 bits per heavy atom. The molecule has 0 unspecified atom stereocenters. The third-order valence-electron chi connectivity index (χ3n) is 3.59. The van der Waals surface area contributed by atoms with Crippen LogP contribution < -0.4 is 5.32 Å². The van der Waals surface area contributed by atoms with Gasteiger partial charge in [0.05, 0.1) is 5.56 Å². The average Bonchev–Trinajstić information content (AvgIpc) is 3.13. The number of hydrogen-bond acceptors (Lipinski definition) is 4. The fraction of sp³-hybridized carbons (Fsp3) is 0.118. The molecule has 1 aromatic carbocycles. The van der Waals surface area contributed by atoms with Crippen molar-refractivity contribution in [3.63, 3.8) is 0 Å². The first-order valence-electron chi connectivity index (χ1n) is 7.27. The third-order valence-corrected chi connectivity index (χ3v) is 3.59. The highest BCUT2D eigenvalue weighted by Gasteiger charge is 2.32. The van der Waals surface area contributed by atoms with Crippen LogP contribution in [-0.2, 0) is 4.79 Å². The van der Waals surface area contributed by atoms with Crippen LogP contribution >= 0.6 is 0 Å². The fourth-order valence-electron chi connectivity index (χ4n) is 2.39. The number of imide groups is 1. The molecule has 3 amide bonds. The predicted octanol–water partition coefficient (Wildman–Crippen LogP) is 2.56. The summed E-state index contributed by atoms with van der Waals surface area (Å²) < 4.78 is 5.63. The molecule has 0 atom stereocenters. The van der Waals surface area contributed by atoms with Crippen LogP contribution in [0.5, 0.6) is 0 Å². The predicted molar refractivity (Wildman–Crippen MR) is 85.0 cm³/mol. The van der Waals surface area contributed by atoms with E-state index in [0.717, 1.165) is 4.90 Å². The molecule has 122 valence electrons. The zero-order valence-corrected chi connectivity index (χ0v) is 12.8. The number of urea groups is 1. The molecule has 7 nitrogen and oxygen atoms in total. The zero-order valence-electron chi connectivity index (χ0n) is 12.8. The molecular formula is C17H14N2O5. The molecular weight excluding hydrogens is 312 g/mol. The van der Waals surface area contributed by atoms with Gasteiger partial charge in [-0.1, -0.05) is 12.1 Å². The lowest BCUT2D eigenvalue weighted by atomic mass is 10.1. The molecule has 2 N–H and O–H groups in total. The summed E-state index contributed by atoms with van der Waals surface area (Å²) in [5, 5.41) is 11.5. The Labute approximate surface area is 137 Å². The van der Waals surface area contributed by atoms with Gasteiger partial charge in [0, 0.05) is 18.2 Å². The van der Waals surface area contributed by atoms with E-state index in [9.17, 15) is 14.4 Å². The topological polar surface area (TPSA) is 99.8 Å². The van der Waals surface area contributed by atoms with Gasteiger partial charge in [-0.25, -0.2) is 9.59 Å². The molecule has 0 spiro atoms. The maximum atomic E-state index is 12.0. The minimum Gasteiger partial charge on any atom is -0.478 e. The van der Waals surface area contributed by atoms with Crippen LogP contribution in [0.4, 0.5) is 4.79 Å². The van der Waals surface area contributed by atoms with Crippen molar-refractivity contribution in [1.29, 1.82) is 0 Å². The van der Waals surface area contributed by atoms with Crippen molar-refractivity contribution in [3.05, 3.63) is 53.4 Å². The second-order valence-electron chi connectivity index (χ2n) is 5.13. The average molecular weight is 326 g/mol. The minimum atomic E-state index is -1.02. The van der Waals surface area contributed by atoms with Gasteiger partial charge in [0.1, 0.15) is 17.2 Å². The first-order valence-corrected chi connectivity index (χ1v) is 7.27. The summed E-state index contributed by atoms with van der Waals surface area (Å²) in [5.41, 5.74) is 0.902. The Kier molecular flexibility index (Phi) is 3.91. The van der Waals surface area contributed by atoms with E-state index in [2.05, 4.69) is 5.32 Å². The number of aromatic carboxylic acids is 1. The summed E-state index contributed by atoms with van der Waals surface area (Å²) in [6, 6.07) is 9.19. The van der Waals surface area contributed by atoms with Crippen LogP contribution in [0, 0.1) is 0 Å². The first-order chi connectivity index (χ1) is 11.5. The van der Waals surface area contributed by atoms with E-state index in [0.29, 0.717) is 17.1 Å². The van der Waals surface area contributed by atoms with Crippen molar-refractivity contribution in [1.82, 2.24) is 10.2 Å². The summed E-state index contributed by atoms with van der Waals surface area (Å²) in [5.74, 6) is -0.584. The zero-order chi connectivity index (χ0) is 17.3. The van der Waals surface area contributed by atoms with E-state index in [1.807, 2.05) is 0 Å². The number of carbonyl (C=O) groups is 3. The molecule has 3 rings (SSSR count). The summed E-state index contributed by atoms with van der Waals surface area (Å²) in [7, 11) is 0. The molecule has 7 heteroatoms. The van der Waals surface area contributed by atoms with E-state index in [1.54, 1.807) is 31.2 Å². The summed E-state index contributed by atoms with van der Waals surface area (Å²) >= 11 is 0. The molecule has 24 heavy (non-hydrogen) atoms. The van der Waals surface area contributed by atoms with Gasteiger partial charge in [-0.05, 0) is 31.2 Å². The number of furan rings is 1. The van der Waals surface area contributed by atoms with Crippen LogP contribution in [0.15, 0.2) is 46.5 Å². The molecule has 1 aromatic heterocycles. The molecule has 1 fully saturated rings. The maximum absolute atomic E-state index is 12.0. The van der Waals surface area contributed by atoms with Gasteiger partial charge in [-0.15, -0.1) is 0 Å². The van der Waals surface area contributed by atoms with E-state index >= 15 is 0 Å². The minimum absolute atomic E-state index is 0.141. The largest absolute Gasteiger partial charge is 0.478 e. The Hall–Kier alpha value is -3.35. The number of carboxylic acid groups (broad SMARTS) is 1. The van der Waals surface area contributed by atoms with Gasteiger partial charge in [-0.2, -0.15) is 0 Å². The molecule has 0 saturated carbocycles. The van der Waals surface area contributed by atoms with Crippen molar-refractivity contribution >= 4 is 24.0 Å². The SMILES string of the molecule is CCN1C(=O)N/C(=C/c2ccc(-c3cccc(C(=O)O)c3)o2)C1=O. The number of nitrogens with zero attached hydrogens (tertiary/aromatic N) is 1.